The zero-order valence-corrected chi connectivity index (χ0v) is 15.8. The molecule has 0 saturated carbocycles. The topological polar surface area (TPSA) is 96.5 Å². The summed E-state index contributed by atoms with van der Waals surface area (Å²) in [6.45, 7) is 2.19. The molecule has 140 valence electrons. The monoisotopic (exact) mass is 377 g/mol. The number of amides is 2. The van der Waals surface area contributed by atoms with E-state index in [9.17, 15) is 13.2 Å². The lowest BCUT2D eigenvalue weighted by Gasteiger charge is -2.16. The van der Waals surface area contributed by atoms with E-state index in [2.05, 4.69) is 15.4 Å². The fourth-order valence-electron chi connectivity index (χ4n) is 2.38. The van der Waals surface area contributed by atoms with Crippen LogP contribution in [0.2, 0.25) is 0 Å². The van der Waals surface area contributed by atoms with Crippen molar-refractivity contribution in [3.8, 4) is 5.75 Å². The van der Waals surface area contributed by atoms with Gasteiger partial charge in [-0.1, -0.05) is 24.3 Å². The molecule has 0 aliphatic rings. The number of sulfonamides is 1. The molecule has 0 heterocycles. The molecule has 1 atom stereocenters. The number of ether oxygens (including phenoxy) is 1. The Morgan fingerprint density at radius 3 is 2.58 bits per heavy atom. The van der Waals surface area contributed by atoms with E-state index in [4.69, 9.17) is 4.74 Å². The predicted octanol–water partition coefficient (Wildman–Crippen LogP) is 2.63. The van der Waals surface area contributed by atoms with Crippen LogP contribution in [0, 0.1) is 0 Å². The fourth-order valence-corrected chi connectivity index (χ4v) is 2.94. The maximum Gasteiger partial charge on any atom is 0.315 e. The van der Waals surface area contributed by atoms with Crippen molar-refractivity contribution < 1.29 is 17.9 Å². The first-order valence-electron chi connectivity index (χ1n) is 8.02. The predicted molar refractivity (Wildman–Crippen MR) is 102 cm³/mol. The van der Waals surface area contributed by atoms with Gasteiger partial charge in [0.2, 0.25) is 10.0 Å². The van der Waals surface area contributed by atoms with Gasteiger partial charge in [-0.2, -0.15) is 0 Å². The van der Waals surface area contributed by atoms with Crippen molar-refractivity contribution in [2.75, 3.05) is 18.1 Å². The lowest BCUT2D eigenvalue weighted by molar-refractivity contribution is 0.237. The Kier molecular flexibility index (Phi) is 6.46. The number of hydrogen-bond acceptors (Lipinski definition) is 4. The highest BCUT2D eigenvalue weighted by molar-refractivity contribution is 7.92. The summed E-state index contributed by atoms with van der Waals surface area (Å²) in [5.41, 5.74) is 2.16. The van der Waals surface area contributed by atoms with Gasteiger partial charge in [0.05, 0.1) is 19.4 Å². The molecule has 0 aliphatic carbocycles. The van der Waals surface area contributed by atoms with Crippen LogP contribution in [0.3, 0.4) is 0 Å². The average Bonchev–Trinajstić information content (AvgIpc) is 2.59. The van der Waals surface area contributed by atoms with Crippen molar-refractivity contribution >= 4 is 21.7 Å². The summed E-state index contributed by atoms with van der Waals surface area (Å²) >= 11 is 0. The fraction of sp³-hybridized carbons (Fsp3) is 0.278. The van der Waals surface area contributed by atoms with E-state index in [1.807, 2.05) is 37.3 Å². The third kappa shape index (κ3) is 6.29. The smallest absolute Gasteiger partial charge is 0.315 e. The molecular formula is C18H23N3O4S. The van der Waals surface area contributed by atoms with Gasteiger partial charge in [-0.15, -0.1) is 0 Å². The number of urea groups is 1. The van der Waals surface area contributed by atoms with E-state index >= 15 is 0 Å². The minimum absolute atomic E-state index is 0.290. The van der Waals surface area contributed by atoms with E-state index in [1.54, 1.807) is 25.3 Å². The van der Waals surface area contributed by atoms with Crippen LogP contribution in [0.5, 0.6) is 5.75 Å². The molecule has 1 unspecified atom stereocenters. The number of carbonyl (C=O) groups excluding carboxylic acids is 1. The lowest BCUT2D eigenvalue weighted by atomic mass is 10.1. The minimum Gasteiger partial charge on any atom is -0.497 e. The Hall–Kier alpha value is -2.74. The van der Waals surface area contributed by atoms with Crippen LogP contribution in [-0.4, -0.2) is 27.8 Å². The Bertz CT molecular complexity index is 868. The Labute approximate surface area is 153 Å². The molecule has 2 aromatic carbocycles. The van der Waals surface area contributed by atoms with Gasteiger partial charge in [-0.3, -0.25) is 4.72 Å². The summed E-state index contributed by atoms with van der Waals surface area (Å²) < 4.78 is 30.2. The second-order valence-corrected chi connectivity index (χ2v) is 7.65. The molecule has 0 aliphatic heterocycles. The molecule has 0 radical (unpaired) electrons. The van der Waals surface area contributed by atoms with Crippen molar-refractivity contribution in [2.24, 2.45) is 0 Å². The zero-order valence-electron chi connectivity index (χ0n) is 14.9. The van der Waals surface area contributed by atoms with E-state index < -0.39 is 10.0 Å². The molecule has 3 N–H and O–H groups in total. The molecule has 2 aromatic rings. The molecule has 0 spiro atoms. The standard InChI is InChI=1S/C18H23N3O4S/c1-13(15-7-5-8-16(11-15)21-26(3,23)24)20-18(22)19-12-14-6-4-9-17(10-14)25-2/h4-11,13,21H,12H2,1-3H3,(H2,19,20,22). The first kappa shape index (κ1) is 19.6. The molecule has 0 saturated heterocycles. The molecular weight excluding hydrogens is 354 g/mol. The quantitative estimate of drug-likeness (QED) is 0.691. The van der Waals surface area contributed by atoms with Crippen molar-refractivity contribution in [3.63, 3.8) is 0 Å². The highest BCUT2D eigenvalue weighted by Crippen LogP contribution is 2.18. The zero-order chi connectivity index (χ0) is 19.2. The number of benzene rings is 2. The van der Waals surface area contributed by atoms with Crippen molar-refractivity contribution in [1.29, 1.82) is 0 Å². The van der Waals surface area contributed by atoms with Crippen molar-refractivity contribution in [1.82, 2.24) is 10.6 Å². The van der Waals surface area contributed by atoms with Crippen LogP contribution in [0.4, 0.5) is 10.5 Å². The lowest BCUT2D eigenvalue weighted by Crippen LogP contribution is -2.36. The van der Waals surface area contributed by atoms with Crippen LogP contribution in [0.15, 0.2) is 48.5 Å². The van der Waals surface area contributed by atoms with Gasteiger partial charge in [-0.25, -0.2) is 13.2 Å². The van der Waals surface area contributed by atoms with Crippen LogP contribution in [0.1, 0.15) is 24.1 Å². The summed E-state index contributed by atoms with van der Waals surface area (Å²) in [5.74, 6) is 0.730. The summed E-state index contributed by atoms with van der Waals surface area (Å²) in [7, 11) is -1.76. The number of nitrogens with one attached hydrogen (secondary N) is 3. The molecule has 2 amide bonds. The van der Waals surface area contributed by atoms with Gasteiger partial charge in [0.15, 0.2) is 0 Å². The van der Waals surface area contributed by atoms with Gasteiger partial charge < -0.3 is 15.4 Å². The molecule has 8 heteroatoms. The summed E-state index contributed by atoms with van der Waals surface area (Å²) in [4.78, 5) is 12.1. The van der Waals surface area contributed by atoms with E-state index in [0.29, 0.717) is 12.2 Å². The third-order valence-electron chi connectivity index (χ3n) is 3.62. The van der Waals surface area contributed by atoms with Gasteiger partial charge in [0, 0.05) is 12.2 Å². The highest BCUT2D eigenvalue weighted by atomic mass is 32.2. The van der Waals surface area contributed by atoms with Crippen molar-refractivity contribution in [3.05, 3.63) is 59.7 Å². The Balaban J connectivity index is 1.93. The number of carbonyl (C=O) groups is 1. The second kappa shape index (κ2) is 8.57. The molecule has 7 nitrogen and oxygen atoms in total. The Morgan fingerprint density at radius 2 is 1.88 bits per heavy atom. The maximum absolute atomic E-state index is 12.1. The second-order valence-electron chi connectivity index (χ2n) is 5.90. The largest absolute Gasteiger partial charge is 0.497 e. The van der Waals surface area contributed by atoms with Gasteiger partial charge in [0.1, 0.15) is 5.75 Å². The minimum atomic E-state index is -3.35. The SMILES string of the molecule is COc1cccc(CNC(=O)NC(C)c2cccc(NS(C)(=O)=O)c2)c1. The third-order valence-corrected chi connectivity index (χ3v) is 4.23. The molecule has 0 fully saturated rings. The van der Waals surface area contributed by atoms with Crippen molar-refractivity contribution in [2.45, 2.75) is 19.5 Å². The maximum atomic E-state index is 12.1. The van der Waals surface area contributed by atoms with Gasteiger partial charge >= 0.3 is 6.03 Å². The normalized spacial score (nSPS) is 12.1. The van der Waals surface area contributed by atoms with Crippen LogP contribution < -0.4 is 20.1 Å². The summed E-state index contributed by atoms with van der Waals surface area (Å²) in [5, 5.41) is 5.61. The van der Waals surface area contributed by atoms with E-state index in [-0.39, 0.29) is 12.1 Å². The van der Waals surface area contributed by atoms with E-state index in [1.165, 1.54) is 0 Å². The summed E-state index contributed by atoms with van der Waals surface area (Å²) in [6.07, 6.45) is 1.09. The molecule has 26 heavy (non-hydrogen) atoms. The first-order valence-corrected chi connectivity index (χ1v) is 9.91. The summed E-state index contributed by atoms with van der Waals surface area (Å²) in [6, 6.07) is 13.7. The Morgan fingerprint density at radius 1 is 1.15 bits per heavy atom. The van der Waals surface area contributed by atoms with Crippen LogP contribution in [0.25, 0.3) is 0 Å². The molecule has 2 rings (SSSR count). The van der Waals surface area contributed by atoms with Crippen LogP contribution in [-0.2, 0) is 16.6 Å². The number of methoxy groups -OCH3 is 1. The highest BCUT2D eigenvalue weighted by Gasteiger charge is 2.11. The molecule has 0 bridgehead atoms. The van der Waals surface area contributed by atoms with Gasteiger partial charge in [0.25, 0.3) is 0 Å². The molecule has 0 aromatic heterocycles. The van der Waals surface area contributed by atoms with Gasteiger partial charge in [-0.05, 0) is 42.3 Å². The number of hydrogen-bond donors (Lipinski definition) is 3. The average molecular weight is 377 g/mol. The van der Waals surface area contributed by atoms with E-state index in [0.717, 1.165) is 23.1 Å². The number of anilines is 1. The number of rotatable bonds is 7. The first-order chi connectivity index (χ1) is 12.3. The van der Waals surface area contributed by atoms with Crippen LogP contribution >= 0.6 is 0 Å².